The smallest absolute Gasteiger partial charge is 0.116 e. The molecule has 13 heavy (non-hydrogen) atoms. The largest absolute Gasteiger partial charge is 0.383 e. The van der Waals surface area contributed by atoms with Gasteiger partial charge in [0.05, 0.1) is 19.5 Å². The molecule has 0 radical (unpaired) electrons. The number of hydrogen-bond donors (Lipinski definition) is 1. The van der Waals surface area contributed by atoms with E-state index in [1.54, 1.807) is 13.4 Å². The van der Waals surface area contributed by atoms with Crippen LogP contribution < -0.4 is 5.32 Å². The van der Waals surface area contributed by atoms with Crippen molar-refractivity contribution in [3.05, 3.63) is 17.8 Å². The number of fused-ring (bicyclic) bond motifs is 1. The number of rotatable bonds is 3. The molecule has 2 heterocycles. The molecule has 0 aromatic carbocycles. The zero-order valence-corrected chi connectivity index (χ0v) is 7.66. The molecule has 0 saturated carbocycles. The van der Waals surface area contributed by atoms with Crippen molar-refractivity contribution in [3.8, 4) is 0 Å². The van der Waals surface area contributed by atoms with Gasteiger partial charge in [-0.3, -0.25) is 4.99 Å². The Morgan fingerprint density at radius 3 is 3.46 bits per heavy atom. The van der Waals surface area contributed by atoms with Crippen LogP contribution in [-0.4, -0.2) is 24.6 Å². The summed E-state index contributed by atoms with van der Waals surface area (Å²) in [6.45, 7) is 2.40. The van der Waals surface area contributed by atoms with Gasteiger partial charge in [0.25, 0.3) is 0 Å². The second kappa shape index (κ2) is 3.62. The van der Waals surface area contributed by atoms with Crippen LogP contribution >= 0.6 is 0 Å². The normalized spacial score (nSPS) is 13.9. The maximum atomic E-state index is 5.02. The predicted octanol–water partition coefficient (Wildman–Crippen LogP) is 1.09. The van der Waals surface area contributed by atoms with Crippen LogP contribution in [0.2, 0.25) is 0 Å². The molecule has 2 rings (SSSR count). The summed E-state index contributed by atoms with van der Waals surface area (Å²) < 4.78 is 7.17. The predicted molar refractivity (Wildman–Crippen MR) is 52.1 cm³/mol. The minimum Gasteiger partial charge on any atom is -0.383 e. The summed E-state index contributed by atoms with van der Waals surface area (Å²) in [5, 5.41) is 3.14. The van der Waals surface area contributed by atoms with E-state index < -0.39 is 0 Å². The second-order valence-electron chi connectivity index (χ2n) is 2.99. The van der Waals surface area contributed by atoms with Crippen LogP contribution in [0.25, 0.3) is 0 Å². The van der Waals surface area contributed by atoms with Gasteiger partial charge in [0.1, 0.15) is 5.82 Å². The van der Waals surface area contributed by atoms with Gasteiger partial charge in [-0.15, -0.1) is 0 Å². The molecule has 1 aliphatic heterocycles. The first-order valence-corrected chi connectivity index (χ1v) is 4.33. The number of methoxy groups -OCH3 is 1. The molecule has 0 atom stereocenters. The van der Waals surface area contributed by atoms with Gasteiger partial charge in [-0.1, -0.05) is 0 Å². The average molecular weight is 179 g/mol. The van der Waals surface area contributed by atoms with Gasteiger partial charge in [0.15, 0.2) is 0 Å². The highest BCUT2D eigenvalue weighted by molar-refractivity contribution is 5.77. The first kappa shape index (κ1) is 8.31. The SMILES string of the molecule is COCCn1ccc2c1NC=NC2. The van der Waals surface area contributed by atoms with Gasteiger partial charge in [-0.25, -0.2) is 0 Å². The lowest BCUT2D eigenvalue weighted by Crippen LogP contribution is -2.11. The molecular weight excluding hydrogens is 166 g/mol. The van der Waals surface area contributed by atoms with Crippen molar-refractivity contribution >= 4 is 12.2 Å². The quantitative estimate of drug-likeness (QED) is 0.754. The Kier molecular flexibility index (Phi) is 2.31. The van der Waals surface area contributed by atoms with Crippen molar-refractivity contribution in [2.45, 2.75) is 13.1 Å². The molecule has 0 saturated heterocycles. The van der Waals surface area contributed by atoms with E-state index in [1.807, 2.05) is 0 Å². The third kappa shape index (κ3) is 1.58. The summed E-state index contributed by atoms with van der Waals surface area (Å²) in [6, 6.07) is 2.09. The Balaban J connectivity index is 2.14. The van der Waals surface area contributed by atoms with Gasteiger partial charge in [-0.2, -0.15) is 0 Å². The molecule has 1 aromatic heterocycles. The number of nitrogens with one attached hydrogen (secondary N) is 1. The topological polar surface area (TPSA) is 38.5 Å². The monoisotopic (exact) mass is 179 g/mol. The number of hydrogen-bond acceptors (Lipinski definition) is 3. The lowest BCUT2D eigenvalue weighted by atomic mass is 10.3. The summed E-state index contributed by atoms with van der Waals surface area (Å²) in [7, 11) is 1.71. The minimum atomic E-state index is 0.736. The zero-order chi connectivity index (χ0) is 9.10. The van der Waals surface area contributed by atoms with Gasteiger partial charge < -0.3 is 14.6 Å². The molecule has 0 fully saturated rings. The lowest BCUT2D eigenvalue weighted by Gasteiger charge is -2.12. The van der Waals surface area contributed by atoms with Crippen LogP contribution in [0.5, 0.6) is 0 Å². The molecule has 1 N–H and O–H groups in total. The first-order valence-electron chi connectivity index (χ1n) is 4.33. The molecule has 0 spiro atoms. The third-order valence-electron chi connectivity index (χ3n) is 2.14. The van der Waals surface area contributed by atoms with Crippen molar-refractivity contribution < 1.29 is 4.74 Å². The van der Waals surface area contributed by atoms with Gasteiger partial charge in [-0.05, 0) is 6.07 Å². The van der Waals surface area contributed by atoms with Crippen LogP contribution in [0.3, 0.4) is 0 Å². The van der Waals surface area contributed by atoms with E-state index in [2.05, 4.69) is 27.1 Å². The van der Waals surface area contributed by atoms with Crippen LogP contribution in [0, 0.1) is 0 Å². The van der Waals surface area contributed by atoms with Crippen LogP contribution in [0.4, 0.5) is 5.82 Å². The van der Waals surface area contributed by atoms with E-state index in [-0.39, 0.29) is 0 Å². The van der Waals surface area contributed by atoms with Crippen molar-refractivity contribution in [1.29, 1.82) is 0 Å². The number of aromatic nitrogens is 1. The highest BCUT2D eigenvalue weighted by Crippen LogP contribution is 2.20. The van der Waals surface area contributed by atoms with E-state index in [0.717, 1.165) is 25.5 Å². The molecule has 1 aromatic rings. The summed E-state index contributed by atoms with van der Waals surface area (Å²) in [5.41, 5.74) is 1.25. The van der Waals surface area contributed by atoms with Crippen molar-refractivity contribution in [3.63, 3.8) is 0 Å². The molecule has 0 amide bonds. The van der Waals surface area contributed by atoms with Crippen molar-refractivity contribution in [2.75, 3.05) is 19.0 Å². The Morgan fingerprint density at radius 2 is 2.62 bits per heavy atom. The highest BCUT2D eigenvalue weighted by atomic mass is 16.5. The Morgan fingerprint density at radius 1 is 1.69 bits per heavy atom. The van der Waals surface area contributed by atoms with Gasteiger partial charge >= 0.3 is 0 Å². The fourth-order valence-electron chi connectivity index (χ4n) is 1.45. The fourth-order valence-corrected chi connectivity index (χ4v) is 1.45. The highest BCUT2D eigenvalue weighted by Gasteiger charge is 2.09. The minimum absolute atomic E-state index is 0.736. The Labute approximate surface area is 77.2 Å². The van der Waals surface area contributed by atoms with E-state index in [4.69, 9.17) is 4.74 Å². The van der Waals surface area contributed by atoms with Crippen LogP contribution in [0.1, 0.15) is 5.56 Å². The maximum absolute atomic E-state index is 5.02. The van der Waals surface area contributed by atoms with Crippen molar-refractivity contribution in [2.24, 2.45) is 4.99 Å². The van der Waals surface area contributed by atoms with E-state index in [1.165, 1.54) is 5.56 Å². The number of nitrogens with zero attached hydrogens (tertiary/aromatic N) is 2. The zero-order valence-electron chi connectivity index (χ0n) is 7.66. The molecule has 1 aliphatic rings. The Bertz CT molecular complexity index is 317. The van der Waals surface area contributed by atoms with E-state index in [0.29, 0.717) is 0 Å². The molecule has 0 bridgehead atoms. The van der Waals surface area contributed by atoms with E-state index >= 15 is 0 Å². The standard InChI is InChI=1S/C9H13N3O/c1-13-5-4-12-3-2-8-6-10-7-11-9(8)12/h2-3,7H,4-6H2,1H3,(H,10,11). The summed E-state index contributed by atoms with van der Waals surface area (Å²) in [4.78, 5) is 4.13. The molecule has 70 valence electrons. The van der Waals surface area contributed by atoms with Gasteiger partial charge in [0, 0.05) is 25.4 Å². The number of anilines is 1. The second-order valence-corrected chi connectivity index (χ2v) is 2.99. The maximum Gasteiger partial charge on any atom is 0.116 e. The van der Waals surface area contributed by atoms with Gasteiger partial charge in [0.2, 0.25) is 0 Å². The summed E-state index contributed by atoms with van der Waals surface area (Å²) in [5.74, 6) is 1.15. The number of ether oxygens (including phenoxy) is 1. The third-order valence-corrected chi connectivity index (χ3v) is 2.14. The summed E-state index contributed by atoms with van der Waals surface area (Å²) >= 11 is 0. The number of aliphatic imine (C=N–C) groups is 1. The van der Waals surface area contributed by atoms with E-state index in [9.17, 15) is 0 Å². The average Bonchev–Trinajstić information content (AvgIpc) is 2.58. The van der Waals surface area contributed by atoms with Crippen LogP contribution in [0.15, 0.2) is 17.3 Å². The molecule has 4 nitrogen and oxygen atoms in total. The lowest BCUT2D eigenvalue weighted by molar-refractivity contribution is 0.188. The molecule has 4 heteroatoms. The molecular formula is C9H13N3O. The first-order chi connectivity index (χ1) is 6.42. The Hall–Kier alpha value is -1.29. The van der Waals surface area contributed by atoms with Crippen molar-refractivity contribution in [1.82, 2.24) is 4.57 Å². The molecule has 0 aliphatic carbocycles. The van der Waals surface area contributed by atoms with Crippen LogP contribution in [-0.2, 0) is 17.8 Å². The fraction of sp³-hybridized carbons (Fsp3) is 0.444. The molecule has 0 unspecified atom stereocenters. The summed E-state index contributed by atoms with van der Waals surface area (Å²) in [6.07, 6.45) is 3.80.